The number of benzene rings is 1. The summed E-state index contributed by atoms with van der Waals surface area (Å²) in [6, 6.07) is 4.10. The average Bonchev–Trinajstić information content (AvgIpc) is 2.99. The molecule has 2 aliphatic rings. The largest absolute Gasteiger partial charge is 0.315 e. The molecule has 3 rings (SSSR count). The van der Waals surface area contributed by atoms with Crippen LogP contribution < -0.4 is 10.6 Å². The normalized spacial score (nSPS) is 15.7. The molecule has 0 spiro atoms. The zero-order chi connectivity index (χ0) is 18.1. The van der Waals surface area contributed by atoms with E-state index in [9.17, 15) is 29.3 Å². The van der Waals surface area contributed by atoms with Gasteiger partial charge in [0.05, 0.1) is 4.92 Å². The minimum atomic E-state index is -1.05. The van der Waals surface area contributed by atoms with E-state index in [-0.39, 0.29) is 23.4 Å². The fourth-order valence-corrected chi connectivity index (χ4v) is 2.59. The van der Waals surface area contributed by atoms with Crippen LogP contribution in [0.15, 0.2) is 36.0 Å². The van der Waals surface area contributed by atoms with Gasteiger partial charge >= 0.3 is 0 Å². The third-order valence-electron chi connectivity index (χ3n) is 3.81. The topological polar surface area (TPSA) is 135 Å². The number of nitro benzene ring substituents is 1. The van der Waals surface area contributed by atoms with Gasteiger partial charge < -0.3 is 5.32 Å². The van der Waals surface area contributed by atoms with Crippen LogP contribution in [0.4, 0.5) is 5.69 Å². The van der Waals surface area contributed by atoms with Crippen molar-refractivity contribution < 1.29 is 24.1 Å². The fraction of sp³-hybridized carbons (Fsp3) is 0.125. The van der Waals surface area contributed by atoms with Gasteiger partial charge in [0.1, 0.15) is 5.70 Å². The van der Waals surface area contributed by atoms with Gasteiger partial charge in [0.15, 0.2) is 0 Å². The van der Waals surface area contributed by atoms with Gasteiger partial charge in [-0.2, -0.15) is 0 Å². The van der Waals surface area contributed by atoms with Crippen molar-refractivity contribution in [3.05, 3.63) is 57.3 Å². The summed E-state index contributed by atoms with van der Waals surface area (Å²) >= 11 is 0. The van der Waals surface area contributed by atoms with Crippen molar-refractivity contribution in [2.75, 3.05) is 0 Å². The standard InChI is InChI=1S/C16H11N3O6/c20-13-6-5-12(15(22)18-13)17-16(23)14(21)10-4-2-8-1-3-9(19(24)25)7-11(8)10/h1,3-5,7H,2,6H2,(H,17,23)(H,18,20,22). The van der Waals surface area contributed by atoms with E-state index in [1.807, 2.05) is 5.32 Å². The van der Waals surface area contributed by atoms with Gasteiger partial charge in [-0.1, -0.05) is 12.1 Å². The van der Waals surface area contributed by atoms with Crippen molar-refractivity contribution >= 4 is 34.8 Å². The van der Waals surface area contributed by atoms with E-state index in [2.05, 4.69) is 5.32 Å². The zero-order valence-corrected chi connectivity index (χ0v) is 12.7. The van der Waals surface area contributed by atoms with Crippen molar-refractivity contribution in [2.24, 2.45) is 0 Å². The highest BCUT2D eigenvalue weighted by Gasteiger charge is 2.29. The second-order valence-corrected chi connectivity index (χ2v) is 5.40. The molecule has 9 heteroatoms. The summed E-state index contributed by atoms with van der Waals surface area (Å²) in [7, 11) is 0. The number of rotatable bonds is 4. The first-order valence-electron chi connectivity index (χ1n) is 7.24. The molecule has 0 aromatic heterocycles. The summed E-state index contributed by atoms with van der Waals surface area (Å²) in [6.45, 7) is 0. The number of amides is 3. The first-order valence-corrected chi connectivity index (χ1v) is 7.24. The van der Waals surface area contributed by atoms with Crippen LogP contribution >= 0.6 is 0 Å². The zero-order valence-electron chi connectivity index (χ0n) is 12.7. The average molecular weight is 341 g/mol. The summed E-state index contributed by atoms with van der Waals surface area (Å²) in [5.41, 5.74) is 0.695. The molecule has 0 fully saturated rings. The maximum Gasteiger partial charge on any atom is 0.296 e. The Morgan fingerprint density at radius 1 is 1.16 bits per heavy atom. The molecule has 3 amide bonds. The van der Waals surface area contributed by atoms with E-state index in [4.69, 9.17) is 0 Å². The quantitative estimate of drug-likeness (QED) is 0.346. The van der Waals surface area contributed by atoms with Crippen LogP contribution in [0.3, 0.4) is 0 Å². The number of ketones is 1. The highest BCUT2D eigenvalue weighted by molar-refractivity contribution is 6.54. The molecule has 25 heavy (non-hydrogen) atoms. The number of Topliss-reactive ketones (excluding diaryl/α,β-unsaturated/α-hetero) is 1. The number of allylic oxidation sites excluding steroid dienone is 1. The molecule has 1 heterocycles. The predicted molar refractivity (Wildman–Crippen MR) is 83.8 cm³/mol. The molecule has 0 atom stereocenters. The van der Waals surface area contributed by atoms with E-state index in [0.29, 0.717) is 17.5 Å². The SMILES string of the molecule is O=C1CC=C(NC(=O)C(=O)C2=CCc3ccc([N+](=O)[O-])cc32)C(=O)N1. The number of hydrogen-bond donors (Lipinski definition) is 2. The van der Waals surface area contributed by atoms with Gasteiger partial charge in [-0.25, -0.2) is 0 Å². The Morgan fingerprint density at radius 3 is 2.60 bits per heavy atom. The van der Waals surface area contributed by atoms with Crippen LogP contribution in [0, 0.1) is 10.1 Å². The number of hydrogen-bond acceptors (Lipinski definition) is 6. The summed E-state index contributed by atoms with van der Waals surface area (Å²) in [4.78, 5) is 57.4. The van der Waals surface area contributed by atoms with Gasteiger partial charge in [-0.05, 0) is 23.6 Å². The molecule has 0 bridgehead atoms. The van der Waals surface area contributed by atoms with Crippen molar-refractivity contribution in [2.45, 2.75) is 12.8 Å². The lowest BCUT2D eigenvalue weighted by atomic mass is 10.0. The minimum absolute atomic E-state index is 0.0455. The molecule has 1 aliphatic carbocycles. The second kappa shape index (κ2) is 6.11. The van der Waals surface area contributed by atoms with Gasteiger partial charge in [-0.15, -0.1) is 0 Å². The molecule has 1 aromatic carbocycles. The smallest absolute Gasteiger partial charge is 0.296 e. The number of nitrogens with one attached hydrogen (secondary N) is 2. The number of carbonyl (C=O) groups excluding carboxylic acids is 4. The minimum Gasteiger partial charge on any atom is -0.315 e. The molecular weight excluding hydrogens is 330 g/mol. The number of nitrogens with zero attached hydrogens (tertiary/aromatic N) is 1. The van der Waals surface area contributed by atoms with Crippen LogP contribution in [0.5, 0.6) is 0 Å². The Labute approximate surface area is 140 Å². The van der Waals surface area contributed by atoms with E-state index in [1.165, 1.54) is 30.4 Å². The van der Waals surface area contributed by atoms with Gasteiger partial charge in [0, 0.05) is 24.1 Å². The molecule has 1 aliphatic heterocycles. The van der Waals surface area contributed by atoms with E-state index >= 15 is 0 Å². The third kappa shape index (κ3) is 3.07. The van der Waals surface area contributed by atoms with Crippen LogP contribution in [-0.4, -0.2) is 28.4 Å². The predicted octanol–water partition coefficient (Wildman–Crippen LogP) is 0.150. The van der Waals surface area contributed by atoms with E-state index in [0.717, 1.165) is 0 Å². The third-order valence-corrected chi connectivity index (χ3v) is 3.81. The second-order valence-electron chi connectivity index (χ2n) is 5.40. The molecular formula is C16H11N3O6. The van der Waals surface area contributed by atoms with Gasteiger partial charge in [0.2, 0.25) is 5.91 Å². The number of fused-ring (bicyclic) bond motifs is 1. The monoisotopic (exact) mass is 341 g/mol. The van der Waals surface area contributed by atoms with E-state index < -0.39 is 28.4 Å². The van der Waals surface area contributed by atoms with Crippen molar-refractivity contribution in [3.8, 4) is 0 Å². The first kappa shape index (κ1) is 16.2. The Balaban J connectivity index is 1.80. The number of carbonyl (C=O) groups is 4. The van der Waals surface area contributed by atoms with E-state index in [1.54, 1.807) is 0 Å². The lowest BCUT2D eigenvalue weighted by Crippen LogP contribution is -2.42. The van der Waals surface area contributed by atoms with Crippen LogP contribution in [-0.2, 0) is 25.6 Å². The van der Waals surface area contributed by atoms with Crippen molar-refractivity contribution in [3.63, 3.8) is 0 Å². The Bertz CT molecular complexity index is 912. The number of imide groups is 1. The number of nitro groups is 1. The summed E-state index contributed by atoms with van der Waals surface area (Å²) in [6.07, 6.45) is 3.01. The highest BCUT2D eigenvalue weighted by Crippen LogP contribution is 2.31. The highest BCUT2D eigenvalue weighted by atomic mass is 16.6. The lowest BCUT2D eigenvalue weighted by molar-refractivity contribution is -0.384. The Hall–Kier alpha value is -3.62. The Kier molecular flexibility index (Phi) is 3.97. The molecule has 0 radical (unpaired) electrons. The van der Waals surface area contributed by atoms with Crippen LogP contribution in [0.1, 0.15) is 17.5 Å². The molecule has 2 N–H and O–H groups in total. The molecule has 126 valence electrons. The lowest BCUT2D eigenvalue weighted by Gasteiger charge is -2.13. The molecule has 1 aromatic rings. The molecule has 9 nitrogen and oxygen atoms in total. The molecule has 0 saturated heterocycles. The van der Waals surface area contributed by atoms with Crippen molar-refractivity contribution in [1.82, 2.24) is 10.6 Å². The molecule has 0 unspecified atom stereocenters. The van der Waals surface area contributed by atoms with Crippen molar-refractivity contribution in [1.29, 1.82) is 0 Å². The van der Waals surface area contributed by atoms with Gasteiger partial charge in [-0.3, -0.25) is 34.6 Å². The summed E-state index contributed by atoms with van der Waals surface area (Å²) in [5, 5.41) is 15.1. The molecule has 0 saturated carbocycles. The summed E-state index contributed by atoms with van der Waals surface area (Å²) < 4.78 is 0. The fourth-order valence-electron chi connectivity index (χ4n) is 2.59. The summed E-state index contributed by atoms with van der Waals surface area (Å²) in [5.74, 6) is -3.27. The van der Waals surface area contributed by atoms with Crippen LogP contribution in [0.2, 0.25) is 0 Å². The van der Waals surface area contributed by atoms with Crippen LogP contribution in [0.25, 0.3) is 5.57 Å². The number of non-ortho nitro benzene ring substituents is 1. The maximum atomic E-state index is 12.4. The maximum absolute atomic E-state index is 12.4. The van der Waals surface area contributed by atoms with Gasteiger partial charge in [0.25, 0.3) is 23.3 Å². The first-order chi connectivity index (χ1) is 11.9. The Morgan fingerprint density at radius 2 is 1.92 bits per heavy atom.